The summed E-state index contributed by atoms with van der Waals surface area (Å²) in [5.41, 5.74) is 0. The highest BCUT2D eigenvalue weighted by Crippen LogP contribution is 2.10. The van der Waals surface area contributed by atoms with Crippen LogP contribution in [-0.4, -0.2) is 69.3 Å². The Labute approximate surface area is 91.4 Å². The first kappa shape index (κ1) is 12.9. The molecule has 1 saturated heterocycles. The Bertz CT molecular complexity index is 290. The minimum absolute atomic E-state index is 0.0202. The first-order chi connectivity index (χ1) is 6.89. The molecule has 2 unspecified atom stereocenters. The molecule has 2 atom stereocenters. The molecule has 0 spiro atoms. The molecular weight excluding hydrogens is 216 g/mol. The minimum Gasteiger partial charge on any atom is -0.390 e. The van der Waals surface area contributed by atoms with Crippen LogP contribution in [0.5, 0.6) is 0 Å². The van der Waals surface area contributed by atoms with Crippen LogP contribution >= 0.6 is 0 Å². The summed E-state index contributed by atoms with van der Waals surface area (Å²) < 4.78 is 22.3. The maximum Gasteiger partial charge on any atom is 0.151 e. The Kier molecular flexibility index (Phi) is 4.51. The van der Waals surface area contributed by atoms with Crippen LogP contribution < -0.4 is 5.32 Å². The lowest BCUT2D eigenvalue weighted by molar-refractivity contribution is 0.132. The van der Waals surface area contributed by atoms with Gasteiger partial charge < -0.3 is 15.3 Å². The molecule has 1 heterocycles. The van der Waals surface area contributed by atoms with E-state index < -0.39 is 15.9 Å². The monoisotopic (exact) mass is 236 g/mol. The number of nitrogens with zero attached hydrogens (tertiary/aromatic N) is 1. The lowest BCUT2D eigenvalue weighted by atomic mass is 10.2. The average molecular weight is 236 g/mol. The third-order valence-corrected chi connectivity index (χ3v) is 4.22. The van der Waals surface area contributed by atoms with Crippen molar-refractivity contribution in [1.29, 1.82) is 0 Å². The third-order valence-electron chi connectivity index (χ3n) is 2.45. The fourth-order valence-corrected chi connectivity index (χ4v) is 3.45. The Morgan fingerprint density at radius 3 is 2.67 bits per heavy atom. The summed E-state index contributed by atoms with van der Waals surface area (Å²) in [6.45, 7) is 1.05. The van der Waals surface area contributed by atoms with Crippen molar-refractivity contribution in [2.75, 3.05) is 38.7 Å². The lowest BCUT2D eigenvalue weighted by Gasteiger charge is -2.18. The fourth-order valence-electron chi connectivity index (χ4n) is 1.74. The van der Waals surface area contributed by atoms with Crippen molar-refractivity contribution in [3.63, 3.8) is 0 Å². The van der Waals surface area contributed by atoms with Gasteiger partial charge in [0.05, 0.1) is 17.6 Å². The summed E-state index contributed by atoms with van der Waals surface area (Å²) in [6, 6.07) is 0.0202. The zero-order valence-electron chi connectivity index (χ0n) is 9.31. The second-order valence-electron chi connectivity index (χ2n) is 4.42. The molecule has 1 aliphatic rings. The van der Waals surface area contributed by atoms with Crippen LogP contribution in [0.2, 0.25) is 0 Å². The highest BCUT2D eigenvalue weighted by atomic mass is 32.2. The molecular formula is C9H20N2O3S. The summed E-state index contributed by atoms with van der Waals surface area (Å²) in [5.74, 6) is 0.482. The van der Waals surface area contributed by atoms with Crippen LogP contribution in [0.25, 0.3) is 0 Å². The largest absolute Gasteiger partial charge is 0.390 e. The summed E-state index contributed by atoms with van der Waals surface area (Å²) in [7, 11) is 0.963. The molecule has 90 valence electrons. The molecule has 0 aromatic heterocycles. The van der Waals surface area contributed by atoms with Crippen molar-refractivity contribution in [3.8, 4) is 0 Å². The van der Waals surface area contributed by atoms with Crippen LogP contribution in [0.3, 0.4) is 0 Å². The molecule has 6 heteroatoms. The second-order valence-corrected chi connectivity index (χ2v) is 6.65. The molecule has 0 radical (unpaired) electrons. The van der Waals surface area contributed by atoms with Gasteiger partial charge in [-0.2, -0.15) is 0 Å². The number of likely N-dealkylation sites (N-methyl/N-ethyl adjacent to an activating group) is 1. The van der Waals surface area contributed by atoms with Gasteiger partial charge in [-0.15, -0.1) is 0 Å². The highest BCUT2D eigenvalue weighted by Gasteiger charge is 2.27. The summed E-state index contributed by atoms with van der Waals surface area (Å²) in [5, 5.41) is 12.6. The smallest absolute Gasteiger partial charge is 0.151 e. The van der Waals surface area contributed by atoms with E-state index in [4.69, 9.17) is 0 Å². The number of hydrogen-bond acceptors (Lipinski definition) is 5. The van der Waals surface area contributed by atoms with Gasteiger partial charge in [0.15, 0.2) is 9.84 Å². The lowest BCUT2D eigenvalue weighted by Crippen LogP contribution is -2.40. The molecule has 0 bridgehead atoms. The third kappa shape index (κ3) is 4.92. The number of sulfone groups is 1. The van der Waals surface area contributed by atoms with Gasteiger partial charge in [-0.1, -0.05) is 0 Å². The van der Waals surface area contributed by atoms with E-state index in [0.29, 0.717) is 19.5 Å². The average Bonchev–Trinajstić information content (AvgIpc) is 2.41. The molecule has 0 aromatic carbocycles. The topological polar surface area (TPSA) is 69.6 Å². The van der Waals surface area contributed by atoms with Crippen LogP contribution in [0.15, 0.2) is 0 Å². The van der Waals surface area contributed by atoms with E-state index in [-0.39, 0.29) is 17.5 Å². The molecule has 1 aliphatic heterocycles. The van der Waals surface area contributed by atoms with Gasteiger partial charge in [0, 0.05) is 19.1 Å². The predicted molar refractivity (Wildman–Crippen MR) is 59.6 cm³/mol. The first-order valence-corrected chi connectivity index (χ1v) is 6.98. The van der Waals surface area contributed by atoms with Crippen molar-refractivity contribution in [3.05, 3.63) is 0 Å². The van der Waals surface area contributed by atoms with Crippen LogP contribution in [0, 0.1) is 0 Å². The fraction of sp³-hybridized carbons (Fsp3) is 1.00. The van der Waals surface area contributed by atoms with E-state index in [2.05, 4.69) is 5.32 Å². The number of aliphatic hydroxyl groups excluding tert-OH is 1. The Morgan fingerprint density at radius 2 is 2.20 bits per heavy atom. The molecule has 15 heavy (non-hydrogen) atoms. The molecule has 5 nitrogen and oxygen atoms in total. The number of rotatable bonds is 5. The van der Waals surface area contributed by atoms with E-state index in [1.165, 1.54) is 0 Å². The van der Waals surface area contributed by atoms with E-state index in [9.17, 15) is 13.5 Å². The van der Waals surface area contributed by atoms with Crippen molar-refractivity contribution < 1.29 is 13.5 Å². The summed E-state index contributed by atoms with van der Waals surface area (Å²) >= 11 is 0. The summed E-state index contributed by atoms with van der Waals surface area (Å²) in [4.78, 5) is 1.90. The van der Waals surface area contributed by atoms with Crippen LogP contribution in [0.4, 0.5) is 0 Å². The maximum absolute atomic E-state index is 11.2. The van der Waals surface area contributed by atoms with Gasteiger partial charge in [0.25, 0.3) is 0 Å². The molecule has 0 aliphatic carbocycles. The Hall–Kier alpha value is -0.170. The number of aliphatic hydroxyl groups is 1. The number of hydrogen-bond donors (Lipinski definition) is 2. The summed E-state index contributed by atoms with van der Waals surface area (Å²) in [6.07, 6.45) is 0.222. The van der Waals surface area contributed by atoms with Crippen LogP contribution in [0.1, 0.15) is 6.42 Å². The predicted octanol–water partition coefficient (Wildman–Crippen LogP) is -1.31. The zero-order valence-corrected chi connectivity index (χ0v) is 10.1. The molecule has 1 rings (SSSR count). The van der Waals surface area contributed by atoms with Gasteiger partial charge in [-0.25, -0.2) is 8.42 Å². The first-order valence-electron chi connectivity index (χ1n) is 5.15. The minimum atomic E-state index is -2.82. The van der Waals surface area contributed by atoms with Crippen molar-refractivity contribution in [2.24, 2.45) is 0 Å². The molecule has 1 fully saturated rings. The quantitative estimate of drug-likeness (QED) is 0.620. The van der Waals surface area contributed by atoms with E-state index in [1.807, 2.05) is 19.0 Å². The molecule has 0 aromatic rings. The Morgan fingerprint density at radius 1 is 1.53 bits per heavy atom. The van der Waals surface area contributed by atoms with Crippen LogP contribution in [-0.2, 0) is 9.84 Å². The second kappa shape index (κ2) is 5.25. The maximum atomic E-state index is 11.2. The SMILES string of the molecule is CN(C)CC(O)CNC1CCS(=O)(=O)C1. The zero-order chi connectivity index (χ0) is 11.5. The standard InChI is InChI=1S/C9H20N2O3S/c1-11(2)6-9(12)5-10-8-3-4-15(13,14)7-8/h8-10,12H,3-7H2,1-2H3. The van der Waals surface area contributed by atoms with Gasteiger partial charge in [0.1, 0.15) is 0 Å². The Balaban J connectivity index is 2.21. The normalized spacial score (nSPS) is 27.1. The van der Waals surface area contributed by atoms with Crippen molar-refractivity contribution >= 4 is 9.84 Å². The van der Waals surface area contributed by atoms with E-state index in [0.717, 1.165) is 0 Å². The van der Waals surface area contributed by atoms with E-state index >= 15 is 0 Å². The van der Waals surface area contributed by atoms with Gasteiger partial charge in [-0.3, -0.25) is 0 Å². The van der Waals surface area contributed by atoms with E-state index in [1.54, 1.807) is 0 Å². The molecule has 0 amide bonds. The van der Waals surface area contributed by atoms with Gasteiger partial charge >= 0.3 is 0 Å². The van der Waals surface area contributed by atoms with Crippen molar-refractivity contribution in [2.45, 2.75) is 18.6 Å². The molecule has 0 saturated carbocycles. The van der Waals surface area contributed by atoms with Gasteiger partial charge in [0.2, 0.25) is 0 Å². The van der Waals surface area contributed by atoms with Gasteiger partial charge in [-0.05, 0) is 20.5 Å². The highest BCUT2D eigenvalue weighted by molar-refractivity contribution is 7.91. The number of nitrogens with one attached hydrogen (secondary N) is 1. The molecule has 2 N–H and O–H groups in total. The van der Waals surface area contributed by atoms with Crippen molar-refractivity contribution in [1.82, 2.24) is 10.2 Å².